The van der Waals surface area contributed by atoms with Crippen LogP contribution in [0.1, 0.15) is 42.6 Å². The predicted molar refractivity (Wildman–Crippen MR) is 91.3 cm³/mol. The van der Waals surface area contributed by atoms with E-state index in [1.165, 1.54) is 11.6 Å². The van der Waals surface area contributed by atoms with E-state index >= 15 is 0 Å². The van der Waals surface area contributed by atoms with Gasteiger partial charge < -0.3 is 10.1 Å². The first kappa shape index (κ1) is 17.4. The Hall–Kier alpha value is -1.98. The van der Waals surface area contributed by atoms with Crippen LogP contribution in [0.15, 0.2) is 35.1 Å². The SMILES string of the molecule is CCc1cc(=O)[nH]c(CN(CC)CC(O)c2ccc(C)cc2)n1. The molecule has 1 heterocycles. The highest BCUT2D eigenvalue weighted by molar-refractivity contribution is 5.23. The number of aromatic nitrogens is 2. The summed E-state index contributed by atoms with van der Waals surface area (Å²) in [6, 6.07) is 9.43. The van der Waals surface area contributed by atoms with Crippen molar-refractivity contribution in [2.24, 2.45) is 0 Å². The molecule has 2 rings (SSSR count). The summed E-state index contributed by atoms with van der Waals surface area (Å²) >= 11 is 0. The molecule has 1 aromatic carbocycles. The number of benzene rings is 1. The maximum atomic E-state index is 11.7. The van der Waals surface area contributed by atoms with Crippen LogP contribution in [0.4, 0.5) is 0 Å². The molecule has 0 fully saturated rings. The molecule has 0 aliphatic carbocycles. The maximum Gasteiger partial charge on any atom is 0.251 e. The number of likely N-dealkylation sites (N-methyl/N-ethyl adjacent to an activating group) is 1. The van der Waals surface area contributed by atoms with Gasteiger partial charge in [0.05, 0.1) is 12.6 Å². The van der Waals surface area contributed by atoms with E-state index in [0.717, 1.165) is 24.2 Å². The highest BCUT2D eigenvalue weighted by atomic mass is 16.3. The first-order valence-corrected chi connectivity index (χ1v) is 8.08. The van der Waals surface area contributed by atoms with Crippen molar-refractivity contribution < 1.29 is 5.11 Å². The van der Waals surface area contributed by atoms with E-state index in [1.54, 1.807) is 0 Å². The van der Waals surface area contributed by atoms with E-state index in [2.05, 4.69) is 14.9 Å². The van der Waals surface area contributed by atoms with E-state index in [9.17, 15) is 9.90 Å². The Morgan fingerprint density at radius 2 is 1.96 bits per heavy atom. The van der Waals surface area contributed by atoms with Crippen molar-refractivity contribution in [3.63, 3.8) is 0 Å². The van der Waals surface area contributed by atoms with Gasteiger partial charge in [0.25, 0.3) is 5.56 Å². The first-order chi connectivity index (χ1) is 11.0. The molecule has 0 radical (unpaired) electrons. The van der Waals surface area contributed by atoms with Gasteiger partial charge in [0.15, 0.2) is 0 Å². The van der Waals surface area contributed by atoms with Crippen LogP contribution < -0.4 is 5.56 Å². The summed E-state index contributed by atoms with van der Waals surface area (Å²) in [7, 11) is 0. The van der Waals surface area contributed by atoms with Crippen LogP contribution in [0.3, 0.4) is 0 Å². The Morgan fingerprint density at radius 1 is 1.26 bits per heavy atom. The van der Waals surface area contributed by atoms with Gasteiger partial charge in [-0.3, -0.25) is 9.69 Å². The summed E-state index contributed by atoms with van der Waals surface area (Å²) in [4.78, 5) is 21.0. The molecular formula is C18H25N3O2. The number of nitrogens with one attached hydrogen (secondary N) is 1. The number of hydrogen-bond acceptors (Lipinski definition) is 4. The summed E-state index contributed by atoms with van der Waals surface area (Å²) in [6.45, 7) is 7.82. The normalized spacial score (nSPS) is 12.6. The van der Waals surface area contributed by atoms with Gasteiger partial charge in [0.2, 0.25) is 0 Å². The topological polar surface area (TPSA) is 69.2 Å². The lowest BCUT2D eigenvalue weighted by molar-refractivity contribution is 0.111. The second kappa shape index (κ2) is 8.04. The molecule has 5 nitrogen and oxygen atoms in total. The zero-order chi connectivity index (χ0) is 16.8. The van der Waals surface area contributed by atoms with Crippen LogP contribution >= 0.6 is 0 Å². The highest BCUT2D eigenvalue weighted by Crippen LogP contribution is 2.15. The third-order valence-corrected chi connectivity index (χ3v) is 3.92. The smallest absolute Gasteiger partial charge is 0.251 e. The number of aromatic amines is 1. The van der Waals surface area contributed by atoms with Crippen LogP contribution in [0.5, 0.6) is 0 Å². The van der Waals surface area contributed by atoms with Crippen molar-refractivity contribution in [1.29, 1.82) is 0 Å². The third kappa shape index (κ3) is 5.01. The fourth-order valence-electron chi connectivity index (χ4n) is 2.48. The van der Waals surface area contributed by atoms with Gasteiger partial charge in [0, 0.05) is 18.3 Å². The van der Waals surface area contributed by atoms with Crippen LogP contribution in [0, 0.1) is 6.92 Å². The molecule has 5 heteroatoms. The average Bonchev–Trinajstić information content (AvgIpc) is 2.54. The minimum atomic E-state index is -0.559. The van der Waals surface area contributed by atoms with E-state index in [4.69, 9.17) is 0 Å². The number of rotatable bonds is 7. The second-order valence-electron chi connectivity index (χ2n) is 5.79. The molecule has 1 unspecified atom stereocenters. The Morgan fingerprint density at radius 3 is 2.57 bits per heavy atom. The van der Waals surface area contributed by atoms with Gasteiger partial charge in [-0.15, -0.1) is 0 Å². The monoisotopic (exact) mass is 315 g/mol. The Kier molecular flexibility index (Phi) is 6.07. The molecule has 0 amide bonds. The van der Waals surface area contributed by atoms with Crippen LogP contribution in [0.2, 0.25) is 0 Å². The van der Waals surface area contributed by atoms with Crippen molar-refractivity contribution in [2.45, 2.75) is 39.8 Å². The summed E-state index contributed by atoms with van der Waals surface area (Å²) in [5, 5.41) is 10.4. The van der Waals surface area contributed by atoms with E-state index in [1.807, 2.05) is 45.0 Å². The lowest BCUT2D eigenvalue weighted by atomic mass is 10.1. The molecule has 0 saturated carbocycles. The van der Waals surface area contributed by atoms with Gasteiger partial charge in [0.1, 0.15) is 5.82 Å². The van der Waals surface area contributed by atoms with Gasteiger partial charge in [-0.2, -0.15) is 0 Å². The van der Waals surface area contributed by atoms with Crippen LogP contribution in [0.25, 0.3) is 0 Å². The van der Waals surface area contributed by atoms with E-state index in [0.29, 0.717) is 18.9 Å². The lowest BCUT2D eigenvalue weighted by Crippen LogP contribution is -2.30. The zero-order valence-corrected chi connectivity index (χ0v) is 14.0. The van der Waals surface area contributed by atoms with Gasteiger partial charge in [-0.05, 0) is 25.5 Å². The molecule has 0 aliphatic rings. The summed E-state index contributed by atoms with van der Waals surface area (Å²) in [5.74, 6) is 0.646. The van der Waals surface area contributed by atoms with E-state index < -0.39 is 6.10 Å². The molecule has 2 N–H and O–H groups in total. The highest BCUT2D eigenvalue weighted by Gasteiger charge is 2.14. The minimum absolute atomic E-state index is 0.123. The molecule has 0 spiro atoms. The van der Waals surface area contributed by atoms with Crippen molar-refractivity contribution in [3.8, 4) is 0 Å². The molecular weight excluding hydrogens is 290 g/mol. The molecule has 124 valence electrons. The zero-order valence-electron chi connectivity index (χ0n) is 14.0. The number of aliphatic hydroxyl groups excluding tert-OH is 1. The second-order valence-corrected chi connectivity index (χ2v) is 5.79. The fraction of sp³-hybridized carbons (Fsp3) is 0.444. The minimum Gasteiger partial charge on any atom is -0.387 e. The largest absolute Gasteiger partial charge is 0.387 e. The van der Waals surface area contributed by atoms with Crippen molar-refractivity contribution in [3.05, 3.63) is 63.3 Å². The molecule has 1 aromatic heterocycles. The van der Waals surface area contributed by atoms with Crippen LogP contribution in [-0.2, 0) is 13.0 Å². The number of aliphatic hydroxyl groups is 1. The number of hydrogen-bond donors (Lipinski definition) is 2. The van der Waals surface area contributed by atoms with Gasteiger partial charge in [-0.25, -0.2) is 4.98 Å². The predicted octanol–water partition coefficient (Wildman–Crippen LogP) is 2.20. The summed E-state index contributed by atoms with van der Waals surface area (Å²) < 4.78 is 0. The third-order valence-electron chi connectivity index (χ3n) is 3.92. The molecule has 23 heavy (non-hydrogen) atoms. The standard InChI is InChI=1S/C18H25N3O2/c1-4-15-10-18(23)20-17(19-15)12-21(5-2)11-16(22)14-8-6-13(3)7-9-14/h6-10,16,22H,4-5,11-12H2,1-3H3,(H,19,20,23). The van der Waals surface area contributed by atoms with Gasteiger partial charge >= 0.3 is 0 Å². The van der Waals surface area contributed by atoms with E-state index in [-0.39, 0.29) is 5.56 Å². The van der Waals surface area contributed by atoms with Gasteiger partial charge in [-0.1, -0.05) is 43.7 Å². The molecule has 0 aliphatic heterocycles. The average molecular weight is 315 g/mol. The molecule has 1 atom stereocenters. The first-order valence-electron chi connectivity index (χ1n) is 8.08. The Balaban J connectivity index is 2.06. The summed E-state index contributed by atoms with van der Waals surface area (Å²) in [6.07, 6.45) is 0.173. The fourth-order valence-corrected chi connectivity index (χ4v) is 2.48. The molecule has 0 saturated heterocycles. The Labute approximate surface area is 137 Å². The lowest BCUT2D eigenvalue weighted by Gasteiger charge is -2.23. The van der Waals surface area contributed by atoms with Crippen molar-refractivity contribution >= 4 is 0 Å². The quantitative estimate of drug-likeness (QED) is 0.822. The van der Waals surface area contributed by atoms with Crippen LogP contribution in [-0.4, -0.2) is 33.1 Å². The Bertz CT molecular complexity index is 679. The molecule has 0 bridgehead atoms. The van der Waals surface area contributed by atoms with Crippen molar-refractivity contribution in [2.75, 3.05) is 13.1 Å². The maximum absolute atomic E-state index is 11.7. The number of nitrogens with zero attached hydrogens (tertiary/aromatic N) is 2. The number of aryl methyl sites for hydroxylation is 2. The van der Waals surface area contributed by atoms with Crippen molar-refractivity contribution in [1.82, 2.24) is 14.9 Å². The number of H-pyrrole nitrogens is 1. The summed E-state index contributed by atoms with van der Waals surface area (Å²) in [5.41, 5.74) is 2.74. The molecule has 2 aromatic rings.